The lowest BCUT2D eigenvalue weighted by atomic mass is 9.97. The Balaban J connectivity index is 1.77. The number of halogens is 1. The average Bonchev–Trinajstić information content (AvgIpc) is 2.81. The van der Waals surface area contributed by atoms with Crippen molar-refractivity contribution in [2.45, 2.75) is 38.6 Å². The largest absolute Gasteiger partial charge is 0.353 e. The number of hydrogen-bond acceptors (Lipinski definition) is 1. The first-order valence-corrected chi connectivity index (χ1v) is 6.82. The summed E-state index contributed by atoms with van der Waals surface area (Å²) in [6.45, 7) is 2.03. The van der Waals surface area contributed by atoms with E-state index in [1.165, 1.54) is 12.1 Å². The van der Waals surface area contributed by atoms with Gasteiger partial charge in [0.2, 0.25) is 5.91 Å². The highest BCUT2D eigenvalue weighted by Gasteiger charge is 2.15. The Morgan fingerprint density at radius 3 is 2.84 bits per heavy atom. The van der Waals surface area contributed by atoms with Gasteiger partial charge in [0.15, 0.2) is 0 Å². The number of amides is 1. The quantitative estimate of drug-likeness (QED) is 0.810. The number of rotatable bonds is 5. The van der Waals surface area contributed by atoms with Crippen molar-refractivity contribution in [3.8, 4) is 0 Å². The van der Waals surface area contributed by atoms with Gasteiger partial charge >= 0.3 is 0 Å². The Labute approximate surface area is 113 Å². The molecule has 2 nitrogen and oxygen atoms in total. The molecule has 0 spiro atoms. The lowest BCUT2D eigenvalue weighted by molar-refractivity contribution is -0.122. The zero-order valence-corrected chi connectivity index (χ0v) is 11.2. The number of benzene rings is 1. The zero-order valence-electron chi connectivity index (χ0n) is 11.2. The second kappa shape index (κ2) is 6.50. The van der Waals surface area contributed by atoms with Gasteiger partial charge in [0, 0.05) is 12.5 Å². The van der Waals surface area contributed by atoms with Gasteiger partial charge in [-0.3, -0.25) is 4.79 Å². The lowest BCUT2D eigenvalue weighted by Crippen LogP contribution is -2.33. The minimum Gasteiger partial charge on any atom is -0.353 e. The van der Waals surface area contributed by atoms with Gasteiger partial charge in [-0.15, -0.1) is 0 Å². The smallest absolute Gasteiger partial charge is 0.220 e. The summed E-state index contributed by atoms with van der Waals surface area (Å²) in [5.74, 6) is 0.0972. The highest BCUT2D eigenvalue weighted by atomic mass is 19.1. The van der Waals surface area contributed by atoms with E-state index >= 15 is 0 Å². The summed E-state index contributed by atoms with van der Waals surface area (Å²) in [4.78, 5) is 11.9. The van der Waals surface area contributed by atoms with E-state index < -0.39 is 0 Å². The van der Waals surface area contributed by atoms with Gasteiger partial charge in [-0.05, 0) is 42.9 Å². The molecule has 102 valence electrons. The first-order chi connectivity index (χ1) is 9.13. The van der Waals surface area contributed by atoms with Crippen LogP contribution in [0.3, 0.4) is 0 Å². The summed E-state index contributed by atoms with van der Waals surface area (Å²) in [6, 6.07) is 6.86. The van der Waals surface area contributed by atoms with Crippen LogP contribution in [-0.4, -0.2) is 11.9 Å². The van der Waals surface area contributed by atoms with Crippen LogP contribution >= 0.6 is 0 Å². The molecule has 0 aliphatic heterocycles. The van der Waals surface area contributed by atoms with Gasteiger partial charge in [-0.2, -0.15) is 0 Å². The fourth-order valence-corrected chi connectivity index (χ4v) is 2.48. The van der Waals surface area contributed by atoms with E-state index in [4.69, 9.17) is 0 Å². The van der Waals surface area contributed by atoms with Crippen LogP contribution in [-0.2, 0) is 11.2 Å². The van der Waals surface area contributed by atoms with E-state index in [0.29, 0.717) is 6.42 Å². The average molecular weight is 261 g/mol. The van der Waals surface area contributed by atoms with E-state index in [1.807, 2.05) is 13.0 Å². The maximum atomic E-state index is 13.1. The van der Waals surface area contributed by atoms with E-state index in [0.717, 1.165) is 24.8 Å². The third-order valence-electron chi connectivity index (χ3n) is 3.38. The molecule has 1 atom stereocenters. The molecule has 0 heterocycles. The molecule has 3 heteroatoms. The molecule has 19 heavy (non-hydrogen) atoms. The molecule has 1 amide bonds. The first kappa shape index (κ1) is 13.8. The molecule has 0 aromatic heterocycles. The molecule has 0 saturated carbocycles. The first-order valence-electron chi connectivity index (χ1n) is 6.82. The molecular formula is C16H20FNO. The third kappa shape index (κ3) is 4.51. The predicted molar refractivity (Wildman–Crippen MR) is 74.2 cm³/mol. The van der Waals surface area contributed by atoms with Crippen LogP contribution in [0.15, 0.2) is 36.4 Å². The fourth-order valence-electron chi connectivity index (χ4n) is 2.48. The van der Waals surface area contributed by atoms with Crippen LogP contribution in [0.5, 0.6) is 0 Å². The summed E-state index contributed by atoms with van der Waals surface area (Å²) in [6.07, 6.45) is 7.29. The van der Waals surface area contributed by atoms with Crippen LogP contribution in [0.4, 0.5) is 4.39 Å². The summed E-state index contributed by atoms with van der Waals surface area (Å²) in [5, 5.41) is 3.03. The van der Waals surface area contributed by atoms with Crippen LogP contribution in [0.1, 0.15) is 31.7 Å². The maximum Gasteiger partial charge on any atom is 0.220 e. The van der Waals surface area contributed by atoms with Gasteiger partial charge < -0.3 is 5.32 Å². The van der Waals surface area contributed by atoms with Crippen LogP contribution in [0.2, 0.25) is 0 Å². The van der Waals surface area contributed by atoms with Crippen molar-refractivity contribution in [2.24, 2.45) is 5.92 Å². The van der Waals surface area contributed by atoms with Gasteiger partial charge in [0.25, 0.3) is 0 Å². The highest BCUT2D eigenvalue weighted by Crippen LogP contribution is 2.14. The SMILES string of the molecule is CC(CC(=O)NC1CC=CC1)Cc1cccc(F)c1. The van der Waals surface area contributed by atoms with Gasteiger partial charge in [-0.1, -0.05) is 31.2 Å². The molecule has 1 aromatic rings. The second-order valence-electron chi connectivity index (χ2n) is 5.35. The number of carbonyl (C=O) groups is 1. The highest BCUT2D eigenvalue weighted by molar-refractivity contribution is 5.76. The molecule has 0 fully saturated rings. The van der Waals surface area contributed by atoms with Gasteiger partial charge in [-0.25, -0.2) is 4.39 Å². The maximum absolute atomic E-state index is 13.1. The number of nitrogens with one attached hydrogen (secondary N) is 1. The van der Waals surface area contributed by atoms with Gasteiger partial charge in [0.05, 0.1) is 0 Å². The Hall–Kier alpha value is -1.64. The van der Waals surface area contributed by atoms with Crippen LogP contribution in [0.25, 0.3) is 0 Å². The molecule has 1 unspecified atom stereocenters. The number of hydrogen-bond donors (Lipinski definition) is 1. The lowest BCUT2D eigenvalue weighted by Gasteiger charge is -2.15. The predicted octanol–water partition coefficient (Wildman–Crippen LogP) is 3.23. The summed E-state index contributed by atoms with van der Waals surface area (Å²) in [7, 11) is 0. The van der Waals surface area contributed by atoms with E-state index in [-0.39, 0.29) is 23.7 Å². The molecule has 2 rings (SSSR count). The Kier molecular flexibility index (Phi) is 4.72. The normalized spacial score (nSPS) is 16.5. The van der Waals surface area contributed by atoms with Crippen molar-refractivity contribution in [3.05, 3.63) is 47.8 Å². The van der Waals surface area contributed by atoms with E-state index in [1.54, 1.807) is 6.07 Å². The molecule has 0 saturated heterocycles. The van der Waals surface area contributed by atoms with Gasteiger partial charge in [0.1, 0.15) is 5.82 Å². The Bertz CT molecular complexity index is 462. The summed E-state index contributed by atoms with van der Waals surface area (Å²) >= 11 is 0. The third-order valence-corrected chi connectivity index (χ3v) is 3.38. The van der Waals surface area contributed by atoms with E-state index in [9.17, 15) is 9.18 Å². The van der Waals surface area contributed by atoms with Crippen molar-refractivity contribution >= 4 is 5.91 Å². The molecule has 1 aliphatic rings. The Morgan fingerprint density at radius 1 is 1.42 bits per heavy atom. The van der Waals surface area contributed by atoms with Crippen LogP contribution < -0.4 is 5.32 Å². The van der Waals surface area contributed by atoms with Crippen molar-refractivity contribution < 1.29 is 9.18 Å². The minimum absolute atomic E-state index is 0.0950. The summed E-state index contributed by atoms with van der Waals surface area (Å²) in [5.41, 5.74) is 0.947. The topological polar surface area (TPSA) is 29.1 Å². The molecule has 0 bridgehead atoms. The summed E-state index contributed by atoms with van der Waals surface area (Å²) < 4.78 is 13.1. The van der Waals surface area contributed by atoms with E-state index in [2.05, 4.69) is 17.5 Å². The molecule has 1 aromatic carbocycles. The molecule has 1 aliphatic carbocycles. The zero-order chi connectivity index (χ0) is 13.7. The Morgan fingerprint density at radius 2 is 2.16 bits per heavy atom. The van der Waals surface area contributed by atoms with Crippen molar-refractivity contribution in [3.63, 3.8) is 0 Å². The fraction of sp³-hybridized carbons (Fsp3) is 0.438. The monoisotopic (exact) mass is 261 g/mol. The second-order valence-corrected chi connectivity index (χ2v) is 5.35. The number of carbonyl (C=O) groups excluding carboxylic acids is 1. The molecular weight excluding hydrogens is 241 g/mol. The van der Waals surface area contributed by atoms with Crippen molar-refractivity contribution in [1.29, 1.82) is 0 Å². The molecule has 1 N–H and O–H groups in total. The minimum atomic E-state index is -0.216. The van der Waals surface area contributed by atoms with Crippen LogP contribution in [0, 0.1) is 11.7 Å². The van der Waals surface area contributed by atoms with Crippen molar-refractivity contribution in [2.75, 3.05) is 0 Å². The van der Waals surface area contributed by atoms with Crippen molar-refractivity contribution in [1.82, 2.24) is 5.32 Å². The molecule has 0 radical (unpaired) electrons. The standard InChI is InChI=1S/C16H20FNO/c1-12(9-13-5-4-6-14(17)11-13)10-16(19)18-15-7-2-3-8-15/h2-6,11-12,15H,7-10H2,1H3,(H,18,19).